The van der Waals surface area contributed by atoms with E-state index in [4.69, 9.17) is 0 Å². The van der Waals surface area contributed by atoms with Crippen LogP contribution in [-0.2, 0) is 0 Å². The molecule has 0 aromatic heterocycles. The molecule has 103 valence electrons. The van der Waals surface area contributed by atoms with Crippen LogP contribution in [0.4, 0.5) is 0 Å². The Balaban J connectivity index is 1.96. The SMILES string of the molecule is CC(C)c1ccc2c(c1C1=CC=CC1)[CH]c1ccccc1-2. The lowest BCUT2D eigenvalue weighted by atomic mass is 9.86. The van der Waals surface area contributed by atoms with E-state index in [1.54, 1.807) is 0 Å². The van der Waals surface area contributed by atoms with Crippen molar-refractivity contribution in [3.05, 3.63) is 83.3 Å². The molecule has 2 aromatic carbocycles. The van der Waals surface area contributed by atoms with Gasteiger partial charge in [0.05, 0.1) is 0 Å². The van der Waals surface area contributed by atoms with Crippen LogP contribution in [0.3, 0.4) is 0 Å². The molecular weight excluding hydrogens is 252 g/mol. The average Bonchev–Trinajstić information content (AvgIpc) is 3.13. The van der Waals surface area contributed by atoms with Gasteiger partial charge in [-0.1, -0.05) is 68.5 Å². The second kappa shape index (κ2) is 4.73. The fourth-order valence-electron chi connectivity index (χ4n) is 3.52. The average molecular weight is 271 g/mol. The fraction of sp³-hybridized carbons (Fsp3) is 0.190. The first kappa shape index (κ1) is 12.6. The Morgan fingerprint density at radius 3 is 2.57 bits per heavy atom. The van der Waals surface area contributed by atoms with Gasteiger partial charge in [0.1, 0.15) is 0 Å². The van der Waals surface area contributed by atoms with E-state index >= 15 is 0 Å². The molecule has 0 aliphatic heterocycles. The van der Waals surface area contributed by atoms with Gasteiger partial charge in [-0.3, -0.25) is 0 Å². The van der Waals surface area contributed by atoms with Gasteiger partial charge in [-0.25, -0.2) is 0 Å². The van der Waals surface area contributed by atoms with Crippen LogP contribution in [0.5, 0.6) is 0 Å². The molecule has 0 atom stereocenters. The molecule has 0 nitrogen and oxygen atoms in total. The minimum absolute atomic E-state index is 0.545. The fourth-order valence-corrected chi connectivity index (χ4v) is 3.52. The summed E-state index contributed by atoms with van der Waals surface area (Å²) >= 11 is 0. The minimum atomic E-state index is 0.545. The van der Waals surface area contributed by atoms with Crippen molar-refractivity contribution in [2.75, 3.05) is 0 Å². The quantitative estimate of drug-likeness (QED) is 0.558. The maximum absolute atomic E-state index is 2.37. The van der Waals surface area contributed by atoms with Crippen molar-refractivity contribution in [3.8, 4) is 11.1 Å². The first-order valence-corrected chi connectivity index (χ1v) is 7.73. The standard InChI is InChI=1S/C21H19/c1-14(2)17-11-12-19-18-10-6-5-9-16(18)13-20(19)21(17)15-7-3-4-8-15/h3-7,9-14H,8H2,1-2H3. The topological polar surface area (TPSA) is 0 Å². The van der Waals surface area contributed by atoms with Crippen molar-refractivity contribution in [2.45, 2.75) is 26.2 Å². The normalized spacial score (nSPS) is 15.3. The summed E-state index contributed by atoms with van der Waals surface area (Å²) in [4.78, 5) is 0. The minimum Gasteiger partial charge on any atom is -0.0801 e. The number of hydrogen-bond donors (Lipinski definition) is 0. The first-order valence-electron chi connectivity index (χ1n) is 7.73. The third-order valence-corrected chi connectivity index (χ3v) is 4.54. The largest absolute Gasteiger partial charge is 0.0801 e. The van der Waals surface area contributed by atoms with Gasteiger partial charge in [0.2, 0.25) is 0 Å². The molecule has 0 N–H and O–H groups in total. The van der Waals surface area contributed by atoms with E-state index in [-0.39, 0.29) is 0 Å². The van der Waals surface area contributed by atoms with Crippen LogP contribution in [-0.4, -0.2) is 0 Å². The summed E-state index contributed by atoms with van der Waals surface area (Å²) in [5.74, 6) is 0.545. The van der Waals surface area contributed by atoms with Gasteiger partial charge in [0, 0.05) is 6.42 Å². The van der Waals surface area contributed by atoms with Crippen molar-refractivity contribution >= 4 is 5.57 Å². The highest BCUT2D eigenvalue weighted by Crippen LogP contribution is 2.45. The van der Waals surface area contributed by atoms with E-state index in [0.29, 0.717) is 5.92 Å². The summed E-state index contributed by atoms with van der Waals surface area (Å²) in [7, 11) is 0. The third kappa shape index (κ3) is 1.90. The molecule has 0 fully saturated rings. The highest BCUT2D eigenvalue weighted by molar-refractivity contribution is 5.89. The Morgan fingerprint density at radius 2 is 1.81 bits per heavy atom. The summed E-state index contributed by atoms with van der Waals surface area (Å²) in [5, 5.41) is 0. The molecule has 0 saturated carbocycles. The van der Waals surface area contributed by atoms with Gasteiger partial charge in [0.25, 0.3) is 0 Å². The molecule has 2 aliphatic carbocycles. The van der Waals surface area contributed by atoms with Gasteiger partial charge >= 0.3 is 0 Å². The lowest BCUT2D eigenvalue weighted by Crippen LogP contribution is -2.00. The zero-order chi connectivity index (χ0) is 14.4. The first-order chi connectivity index (χ1) is 10.3. The molecule has 0 bridgehead atoms. The van der Waals surface area contributed by atoms with Crippen LogP contribution in [0.2, 0.25) is 0 Å². The summed E-state index contributed by atoms with van der Waals surface area (Å²) in [6, 6.07) is 13.3. The van der Waals surface area contributed by atoms with Gasteiger partial charge in [-0.15, -0.1) is 0 Å². The predicted molar refractivity (Wildman–Crippen MR) is 90.2 cm³/mol. The molecule has 2 aliphatic rings. The van der Waals surface area contributed by atoms with Crippen molar-refractivity contribution in [1.29, 1.82) is 0 Å². The van der Waals surface area contributed by atoms with Crippen molar-refractivity contribution in [2.24, 2.45) is 0 Å². The van der Waals surface area contributed by atoms with Crippen LogP contribution < -0.4 is 0 Å². The molecule has 0 saturated heterocycles. The maximum atomic E-state index is 2.37. The lowest BCUT2D eigenvalue weighted by molar-refractivity contribution is 0.861. The molecule has 0 unspecified atom stereocenters. The van der Waals surface area contributed by atoms with E-state index in [9.17, 15) is 0 Å². The molecule has 0 amide bonds. The summed E-state index contributed by atoms with van der Waals surface area (Å²) < 4.78 is 0. The van der Waals surface area contributed by atoms with E-state index in [1.165, 1.54) is 39.0 Å². The second-order valence-electron chi connectivity index (χ2n) is 6.20. The number of hydrogen-bond acceptors (Lipinski definition) is 0. The number of benzene rings is 2. The highest BCUT2D eigenvalue weighted by Gasteiger charge is 2.25. The van der Waals surface area contributed by atoms with Gasteiger partial charge in [-0.2, -0.15) is 0 Å². The number of fused-ring (bicyclic) bond motifs is 3. The molecule has 0 spiro atoms. The number of rotatable bonds is 2. The Kier molecular flexibility index (Phi) is 2.85. The molecule has 21 heavy (non-hydrogen) atoms. The smallest absolute Gasteiger partial charge is 0.0218 e. The highest BCUT2D eigenvalue weighted by atomic mass is 14.3. The van der Waals surface area contributed by atoms with E-state index in [1.807, 2.05) is 0 Å². The zero-order valence-corrected chi connectivity index (χ0v) is 12.6. The van der Waals surface area contributed by atoms with Gasteiger partial charge in [-0.05, 0) is 51.3 Å². The number of allylic oxidation sites excluding steroid dienone is 4. The Morgan fingerprint density at radius 1 is 0.952 bits per heavy atom. The molecule has 1 radical (unpaired) electrons. The molecule has 4 rings (SSSR count). The third-order valence-electron chi connectivity index (χ3n) is 4.54. The van der Waals surface area contributed by atoms with Crippen LogP contribution in [0, 0.1) is 6.42 Å². The summed E-state index contributed by atoms with van der Waals surface area (Å²) in [6.07, 6.45) is 10.1. The lowest BCUT2D eigenvalue weighted by Gasteiger charge is -2.18. The van der Waals surface area contributed by atoms with E-state index < -0.39 is 0 Å². The van der Waals surface area contributed by atoms with Crippen molar-refractivity contribution in [3.63, 3.8) is 0 Å². The summed E-state index contributed by atoms with van der Waals surface area (Å²) in [6.45, 7) is 4.58. The molecule has 0 heterocycles. The monoisotopic (exact) mass is 271 g/mol. The Hall–Kier alpha value is -2.08. The predicted octanol–water partition coefficient (Wildman–Crippen LogP) is 5.73. The maximum Gasteiger partial charge on any atom is 0.0218 e. The van der Waals surface area contributed by atoms with Crippen LogP contribution in [0.25, 0.3) is 16.7 Å². The van der Waals surface area contributed by atoms with Gasteiger partial charge in [0.15, 0.2) is 0 Å². The molecule has 0 heteroatoms. The second-order valence-corrected chi connectivity index (χ2v) is 6.20. The van der Waals surface area contributed by atoms with Crippen molar-refractivity contribution < 1.29 is 0 Å². The molecule has 2 aromatic rings. The van der Waals surface area contributed by atoms with Crippen molar-refractivity contribution in [1.82, 2.24) is 0 Å². The van der Waals surface area contributed by atoms with Crippen LogP contribution >= 0.6 is 0 Å². The Labute approximate surface area is 126 Å². The molecular formula is C21H19. The zero-order valence-electron chi connectivity index (χ0n) is 12.6. The van der Waals surface area contributed by atoms with Crippen LogP contribution in [0.15, 0.2) is 54.6 Å². The van der Waals surface area contributed by atoms with E-state index in [2.05, 4.69) is 74.9 Å². The Bertz CT molecular complexity index is 773. The summed E-state index contributed by atoms with van der Waals surface area (Å²) in [5.41, 5.74) is 9.91. The van der Waals surface area contributed by atoms with Gasteiger partial charge < -0.3 is 0 Å². The van der Waals surface area contributed by atoms with Crippen LogP contribution in [0.1, 0.15) is 48.4 Å². The van der Waals surface area contributed by atoms with E-state index in [0.717, 1.165) is 6.42 Å².